The van der Waals surface area contributed by atoms with Crippen LogP contribution in [0.4, 0.5) is 0 Å². The van der Waals surface area contributed by atoms with Gasteiger partial charge in [-0.15, -0.1) is 0 Å². The summed E-state index contributed by atoms with van der Waals surface area (Å²) in [6.07, 6.45) is 1.15. The third-order valence-electron chi connectivity index (χ3n) is 3.00. The molecule has 1 aromatic carbocycles. The smallest absolute Gasteiger partial charge is 0.0587 e. The van der Waals surface area contributed by atoms with Crippen molar-refractivity contribution in [2.24, 2.45) is 0 Å². The predicted molar refractivity (Wildman–Crippen MR) is 77.0 cm³/mol. The molecule has 102 valence electrons. The topological polar surface area (TPSA) is 33.3 Å². The molecule has 0 aliphatic rings. The largest absolute Gasteiger partial charge is 0.383 e. The number of aryl methyl sites for hydroxylation is 2. The second kappa shape index (κ2) is 9.09. The van der Waals surface area contributed by atoms with Gasteiger partial charge in [0.15, 0.2) is 0 Å². The standard InChI is InChI=1S/C15H26N2O/c1-13-5-6-15(14(2)11-13)12-17-8-4-7-16-9-10-18-3/h5-6,11,16-17H,4,7-10,12H2,1-3H3. The van der Waals surface area contributed by atoms with Gasteiger partial charge in [0.1, 0.15) is 0 Å². The summed E-state index contributed by atoms with van der Waals surface area (Å²) >= 11 is 0. The van der Waals surface area contributed by atoms with Crippen LogP contribution in [0.15, 0.2) is 18.2 Å². The van der Waals surface area contributed by atoms with Crippen LogP contribution in [-0.4, -0.2) is 33.4 Å². The lowest BCUT2D eigenvalue weighted by Gasteiger charge is -2.09. The Balaban J connectivity index is 2.07. The molecular formula is C15H26N2O. The minimum absolute atomic E-state index is 0.788. The maximum atomic E-state index is 4.97. The number of ether oxygens (including phenoxy) is 1. The van der Waals surface area contributed by atoms with Crippen LogP contribution < -0.4 is 10.6 Å². The Bertz CT molecular complexity index is 339. The summed E-state index contributed by atoms with van der Waals surface area (Å²) in [4.78, 5) is 0. The van der Waals surface area contributed by atoms with Crippen molar-refractivity contribution in [3.63, 3.8) is 0 Å². The van der Waals surface area contributed by atoms with Gasteiger partial charge in [0, 0.05) is 20.2 Å². The minimum Gasteiger partial charge on any atom is -0.383 e. The molecule has 3 heteroatoms. The summed E-state index contributed by atoms with van der Waals surface area (Å²) in [6.45, 7) is 9.09. The molecule has 0 aromatic heterocycles. The Morgan fingerprint density at radius 2 is 1.83 bits per heavy atom. The second-order valence-electron chi connectivity index (χ2n) is 4.70. The number of hydrogen-bond acceptors (Lipinski definition) is 3. The van der Waals surface area contributed by atoms with Gasteiger partial charge in [0.25, 0.3) is 0 Å². The number of nitrogens with one attached hydrogen (secondary N) is 2. The van der Waals surface area contributed by atoms with Crippen LogP contribution >= 0.6 is 0 Å². The van der Waals surface area contributed by atoms with Gasteiger partial charge in [-0.25, -0.2) is 0 Å². The summed E-state index contributed by atoms with van der Waals surface area (Å²) in [5, 5.41) is 6.82. The van der Waals surface area contributed by atoms with Crippen molar-refractivity contribution in [3.05, 3.63) is 34.9 Å². The second-order valence-corrected chi connectivity index (χ2v) is 4.70. The monoisotopic (exact) mass is 250 g/mol. The van der Waals surface area contributed by atoms with Gasteiger partial charge in [0.2, 0.25) is 0 Å². The van der Waals surface area contributed by atoms with Crippen LogP contribution in [0.3, 0.4) is 0 Å². The molecule has 0 unspecified atom stereocenters. The van der Waals surface area contributed by atoms with Crippen LogP contribution in [0.25, 0.3) is 0 Å². The highest BCUT2D eigenvalue weighted by Crippen LogP contribution is 2.09. The van der Waals surface area contributed by atoms with Gasteiger partial charge in [0.05, 0.1) is 6.61 Å². The average molecular weight is 250 g/mol. The minimum atomic E-state index is 0.788. The molecule has 0 radical (unpaired) electrons. The molecule has 0 saturated heterocycles. The fourth-order valence-electron chi connectivity index (χ4n) is 1.90. The van der Waals surface area contributed by atoms with Gasteiger partial charge >= 0.3 is 0 Å². The third-order valence-corrected chi connectivity index (χ3v) is 3.00. The normalized spacial score (nSPS) is 10.8. The first-order valence-electron chi connectivity index (χ1n) is 6.70. The van der Waals surface area contributed by atoms with E-state index in [1.807, 2.05) is 0 Å². The van der Waals surface area contributed by atoms with Gasteiger partial charge in [-0.3, -0.25) is 0 Å². The molecule has 0 amide bonds. The Labute approximate surface area is 111 Å². The first-order chi connectivity index (χ1) is 8.74. The van der Waals surface area contributed by atoms with Crippen LogP contribution in [0, 0.1) is 13.8 Å². The Morgan fingerprint density at radius 3 is 2.56 bits per heavy atom. The molecule has 18 heavy (non-hydrogen) atoms. The van der Waals surface area contributed by atoms with Crippen LogP contribution in [-0.2, 0) is 11.3 Å². The van der Waals surface area contributed by atoms with Crippen molar-refractivity contribution in [2.75, 3.05) is 33.4 Å². The molecule has 2 N–H and O–H groups in total. The predicted octanol–water partition coefficient (Wildman–Crippen LogP) is 2.02. The lowest BCUT2D eigenvalue weighted by molar-refractivity contribution is 0.199. The first-order valence-corrected chi connectivity index (χ1v) is 6.70. The zero-order valence-electron chi connectivity index (χ0n) is 11.9. The third kappa shape index (κ3) is 6.15. The molecule has 1 rings (SSSR count). The first kappa shape index (κ1) is 15.2. The molecule has 0 spiro atoms. The van der Waals surface area contributed by atoms with Crippen LogP contribution in [0.1, 0.15) is 23.1 Å². The van der Waals surface area contributed by atoms with Crippen LogP contribution in [0.5, 0.6) is 0 Å². The van der Waals surface area contributed by atoms with Gasteiger partial charge in [-0.2, -0.15) is 0 Å². The van der Waals surface area contributed by atoms with E-state index in [2.05, 4.69) is 42.7 Å². The Kier molecular flexibility index (Phi) is 7.65. The highest BCUT2D eigenvalue weighted by Gasteiger charge is 1.97. The number of hydrogen-bond donors (Lipinski definition) is 2. The van der Waals surface area contributed by atoms with Gasteiger partial charge in [-0.05, 0) is 44.5 Å². The number of rotatable bonds is 9. The molecule has 0 bridgehead atoms. The fourth-order valence-corrected chi connectivity index (χ4v) is 1.90. The SMILES string of the molecule is COCCNCCCNCc1ccc(C)cc1C. The molecule has 0 heterocycles. The quantitative estimate of drug-likeness (QED) is 0.658. The molecule has 0 atom stereocenters. The van der Waals surface area contributed by atoms with Gasteiger partial charge in [-0.1, -0.05) is 23.8 Å². The summed E-state index contributed by atoms with van der Waals surface area (Å²) in [7, 11) is 1.73. The van der Waals surface area contributed by atoms with E-state index in [-0.39, 0.29) is 0 Å². The molecule has 0 aliphatic carbocycles. The van der Waals surface area contributed by atoms with Crippen molar-refractivity contribution < 1.29 is 4.74 Å². The van der Waals surface area contributed by atoms with Crippen molar-refractivity contribution in [2.45, 2.75) is 26.8 Å². The molecule has 3 nitrogen and oxygen atoms in total. The maximum Gasteiger partial charge on any atom is 0.0587 e. The maximum absolute atomic E-state index is 4.97. The lowest BCUT2D eigenvalue weighted by Crippen LogP contribution is -2.24. The van der Waals surface area contributed by atoms with E-state index in [0.717, 1.165) is 39.2 Å². The van der Waals surface area contributed by atoms with E-state index in [1.165, 1.54) is 16.7 Å². The fraction of sp³-hybridized carbons (Fsp3) is 0.600. The zero-order chi connectivity index (χ0) is 13.2. The van der Waals surface area contributed by atoms with E-state index >= 15 is 0 Å². The highest BCUT2D eigenvalue weighted by atomic mass is 16.5. The van der Waals surface area contributed by atoms with Crippen molar-refractivity contribution in [1.29, 1.82) is 0 Å². The summed E-state index contributed by atoms with van der Waals surface area (Å²) in [6, 6.07) is 6.63. The van der Waals surface area contributed by atoms with E-state index in [4.69, 9.17) is 4.74 Å². The van der Waals surface area contributed by atoms with E-state index in [0.29, 0.717) is 0 Å². The van der Waals surface area contributed by atoms with E-state index < -0.39 is 0 Å². The number of methoxy groups -OCH3 is 1. The van der Waals surface area contributed by atoms with Crippen molar-refractivity contribution in [1.82, 2.24) is 10.6 Å². The Hall–Kier alpha value is -0.900. The van der Waals surface area contributed by atoms with E-state index in [1.54, 1.807) is 7.11 Å². The molecule has 0 saturated carbocycles. The van der Waals surface area contributed by atoms with Crippen molar-refractivity contribution >= 4 is 0 Å². The molecule has 0 fully saturated rings. The van der Waals surface area contributed by atoms with Crippen molar-refractivity contribution in [3.8, 4) is 0 Å². The number of benzene rings is 1. The van der Waals surface area contributed by atoms with Gasteiger partial charge < -0.3 is 15.4 Å². The summed E-state index contributed by atoms with van der Waals surface area (Å²) in [5.41, 5.74) is 4.10. The lowest BCUT2D eigenvalue weighted by atomic mass is 10.1. The highest BCUT2D eigenvalue weighted by molar-refractivity contribution is 5.30. The Morgan fingerprint density at radius 1 is 1.06 bits per heavy atom. The van der Waals surface area contributed by atoms with Crippen LogP contribution in [0.2, 0.25) is 0 Å². The summed E-state index contributed by atoms with van der Waals surface area (Å²) < 4.78 is 4.97. The summed E-state index contributed by atoms with van der Waals surface area (Å²) in [5.74, 6) is 0. The average Bonchev–Trinajstić information content (AvgIpc) is 2.35. The zero-order valence-corrected chi connectivity index (χ0v) is 11.9. The van der Waals surface area contributed by atoms with E-state index in [9.17, 15) is 0 Å². The molecule has 1 aromatic rings. The molecule has 0 aliphatic heterocycles. The molecular weight excluding hydrogens is 224 g/mol.